The van der Waals surface area contributed by atoms with Crippen molar-refractivity contribution < 1.29 is 18.0 Å². The van der Waals surface area contributed by atoms with Crippen molar-refractivity contribution in [1.82, 2.24) is 0 Å². The van der Waals surface area contributed by atoms with Crippen LogP contribution in [0.4, 0.5) is 24.5 Å². The second-order valence-corrected chi connectivity index (χ2v) is 8.01. The molecule has 0 spiro atoms. The van der Waals surface area contributed by atoms with Gasteiger partial charge in [-0.3, -0.25) is 4.79 Å². The fourth-order valence-electron chi connectivity index (χ4n) is 3.40. The SMILES string of the molecule is N/C(=C\C(=Nc1ccccc1Cl)c1ccc(C(=O)Nc2cccc3ccccc23)cc1)C(F)(F)F. The first-order valence-electron chi connectivity index (χ1n) is 10.5. The Balaban J connectivity index is 1.65. The lowest BCUT2D eigenvalue weighted by Crippen LogP contribution is -2.21. The summed E-state index contributed by atoms with van der Waals surface area (Å²) in [5.41, 5.74) is 5.49. The summed E-state index contributed by atoms with van der Waals surface area (Å²) in [5.74, 6) is -0.358. The van der Waals surface area contributed by atoms with Crippen LogP contribution in [0.2, 0.25) is 5.02 Å². The van der Waals surface area contributed by atoms with E-state index in [1.165, 1.54) is 24.3 Å². The van der Waals surface area contributed by atoms with Gasteiger partial charge in [0.1, 0.15) is 5.70 Å². The molecule has 4 rings (SSSR count). The van der Waals surface area contributed by atoms with Crippen molar-refractivity contribution >= 4 is 45.4 Å². The predicted octanol–water partition coefficient (Wildman–Crippen LogP) is 7.27. The van der Waals surface area contributed by atoms with Crippen LogP contribution in [-0.2, 0) is 0 Å². The van der Waals surface area contributed by atoms with E-state index < -0.39 is 11.9 Å². The van der Waals surface area contributed by atoms with Crippen molar-refractivity contribution in [3.8, 4) is 0 Å². The lowest BCUT2D eigenvalue weighted by atomic mass is 10.0. The summed E-state index contributed by atoms with van der Waals surface area (Å²) in [4.78, 5) is 17.1. The van der Waals surface area contributed by atoms with Crippen molar-refractivity contribution in [2.75, 3.05) is 5.32 Å². The summed E-state index contributed by atoms with van der Waals surface area (Å²) >= 11 is 6.13. The molecule has 0 saturated heterocycles. The molecule has 0 aliphatic heterocycles. The zero-order valence-corrected chi connectivity index (χ0v) is 18.9. The predicted molar refractivity (Wildman–Crippen MR) is 134 cm³/mol. The molecule has 0 saturated carbocycles. The van der Waals surface area contributed by atoms with Gasteiger partial charge in [0.2, 0.25) is 0 Å². The van der Waals surface area contributed by atoms with Crippen LogP contribution in [0.1, 0.15) is 15.9 Å². The summed E-state index contributed by atoms with van der Waals surface area (Å²) in [7, 11) is 0. The summed E-state index contributed by atoms with van der Waals surface area (Å²) in [6, 6.07) is 25.8. The van der Waals surface area contributed by atoms with Gasteiger partial charge < -0.3 is 11.1 Å². The monoisotopic (exact) mass is 493 g/mol. The van der Waals surface area contributed by atoms with E-state index in [1.54, 1.807) is 30.3 Å². The van der Waals surface area contributed by atoms with Crippen molar-refractivity contribution in [2.24, 2.45) is 10.7 Å². The Hall–Kier alpha value is -4.10. The molecule has 0 radical (unpaired) electrons. The maximum atomic E-state index is 13.1. The molecule has 0 unspecified atom stereocenters. The highest BCUT2D eigenvalue weighted by Gasteiger charge is 2.31. The van der Waals surface area contributed by atoms with Crippen molar-refractivity contribution in [3.05, 3.63) is 119 Å². The minimum absolute atomic E-state index is 0.0473. The summed E-state index contributed by atoms with van der Waals surface area (Å²) < 4.78 is 39.3. The zero-order valence-electron chi connectivity index (χ0n) is 18.2. The first kappa shape index (κ1) is 24.0. The van der Waals surface area contributed by atoms with Crippen LogP contribution in [0.15, 0.2) is 108 Å². The van der Waals surface area contributed by atoms with E-state index >= 15 is 0 Å². The van der Waals surface area contributed by atoms with Gasteiger partial charge in [-0.25, -0.2) is 4.99 Å². The largest absolute Gasteiger partial charge is 0.430 e. The number of anilines is 1. The number of amides is 1. The number of hydrogen-bond acceptors (Lipinski definition) is 3. The Morgan fingerprint density at radius 3 is 2.20 bits per heavy atom. The summed E-state index contributed by atoms with van der Waals surface area (Å²) in [5, 5.41) is 5.03. The topological polar surface area (TPSA) is 67.5 Å². The van der Waals surface area contributed by atoms with Crippen LogP contribution in [0.5, 0.6) is 0 Å². The normalized spacial score (nSPS) is 12.6. The van der Waals surface area contributed by atoms with Crippen LogP contribution in [0, 0.1) is 0 Å². The van der Waals surface area contributed by atoms with Gasteiger partial charge in [0.15, 0.2) is 0 Å². The van der Waals surface area contributed by atoms with Gasteiger partial charge in [-0.2, -0.15) is 13.2 Å². The van der Waals surface area contributed by atoms with Crippen LogP contribution >= 0.6 is 11.6 Å². The van der Waals surface area contributed by atoms with E-state index in [2.05, 4.69) is 10.3 Å². The number of nitrogens with zero attached hydrogens (tertiary/aromatic N) is 1. The summed E-state index contributed by atoms with van der Waals surface area (Å²) in [6.07, 6.45) is -3.98. The van der Waals surface area contributed by atoms with Crippen LogP contribution < -0.4 is 11.1 Å². The number of para-hydroxylation sites is 1. The highest BCUT2D eigenvalue weighted by molar-refractivity contribution is 6.33. The second kappa shape index (κ2) is 10.0. The van der Waals surface area contributed by atoms with Gasteiger partial charge in [0, 0.05) is 22.2 Å². The van der Waals surface area contributed by atoms with Crippen LogP contribution in [0.25, 0.3) is 10.8 Å². The van der Waals surface area contributed by atoms with Gasteiger partial charge in [-0.1, -0.05) is 72.3 Å². The molecule has 0 aliphatic rings. The molecule has 35 heavy (non-hydrogen) atoms. The molecule has 4 nitrogen and oxygen atoms in total. The number of rotatable bonds is 5. The molecule has 176 valence electrons. The Labute approximate surface area is 204 Å². The molecule has 0 fully saturated rings. The Morgan fingerprint density at radius 2 is 1.49 bits per heavy atom. The smallest absolute Gasteiger partial charge is 0.395 e. The molecular weight excluding hydrogens is 475 g/mol. The number of benzene rings is 4. The number of nitrogens with one attached hydrogen (secondary N) is 1. The third kappa shape index (κ3) is 5.70. The van der Waals surface area contributed by atoms with E-state index in [4.69, 9.17) is 17.3 Å². The summed E-state index contributed by atoms with van der Waals surface area (Å²) in [6.45, 7) is 0. The van der Waals surface area contributed by atoms with E-state index in [1.807, 2.05) is 36.4 Å². The van der Waals surface area contributed by atoms with Gasteiger partial charge in [-0.05, 0) is 41.8 Å². The number of halogens is 4. The van der Waals surface area contributed by atoms with E-state index in [0.717, 1.165) is 16.8 Å². The number of alkyl halides is 3. The zero-order chi connectivity index (χ0) is 25.0. The van der Waals surface area contributed by atoms with Crippen LogP contribution in [0.3, 0.4) is 0 Å². The van der Waals surface area contributed by atoms with Crippen molar-refractivity contribution in [3.63, 3.8) is 0 Å². The standard InChI is InChI=1S/C27H19ClF3N3O/c28-21-9-3-4-10-23(21)33-24(16-25(32)27(29,30)31)18-12-14-19(15-13-18)26(35)34-22-11-5-7-17-6-1-2-8-20(17)22/h1-16H,32H2,(H,34,35)/b25-16-,33-24?. The molecule has 0 aliphatic carbocycles. The first-order valence-corrected chi connectivity index (χ1v) is 10.9. The maximum absolute atomic E-state index is 13.1. The third-order valence-corrected chi connectivity index (χ3v) is 5.51. The fourth-order valence-corrected chi connectivity index (χ4v) is 3.58. The van der Waals surface area contributed by atoms with Crippen LogP contribution in [-0.4, -0.2) is 17.8 Å². The molecule has 0 aromatic heterocycles. The highest BCUT2D eigenvalue weighted by Crippen LogP contribution is 2.27. The third-order valence-electron chi connectivity index (χ3n) is 5.19. The molecule has 0 heterocycles. The number of hydrogen-bond donors (Lipinski definition) is 2. The molecular formula is C27H19ClF3N3O. The lowest BCUT2D eigenvalue weighted by Gasteiger charge is -2.11. The van der Waals surface area contributed by atoms with Gasteiger partial charge in [0.05, 0.1) is 16.4 Å². The molecule has 0 bridgehead atoms. The lowest BCUT2D eigenvalue weighted by molar-refractivity contribution is -0.0925. The molecule has 4 aromatic rings. The number of allylic oxidation sites excluding steroid dienone is 2. The van der Waals surface area contributed by atoms with E-state index in [0.29, 0.717) is 16.8 Å². The average Bonchev–Trinajstić information content (AvgIpc) is 2.84. The Bertz CT molecular complexity index is 1440. The average molecular weight is 494 g/mol. The van der Waals surface area contributed by atoms with Gasteiger partial charge in [0.25, 0.3) is 5.91 Å². The van der Waals surface area contributed by atoms with Crippen molar-refractivity contribution in [2.45, 2.75) is 6.18 Å². The Morgan fingerprint density at radius 1 is 0.857 bits per heavy atom. The quantitative estimate of drug-likeness (QED) is 0.287. The molecule has 4 aromatic carbocycles. The number of carbonyl (C=O) groups excluding carboxylic acids is 1. The van der Waals surface area contributed by atoms with Gasteiger partial charge >= 0.3 is 6.18 Å². The minimum Gasteiger partial charge on any atom is -0.395 e. The Kier molecular flexibility index (Phi) is 6.89. The van der Waals surface area contributed by atoms with E-state index in [-0.39, 0.29) is 22.3 Å². The fraction of sp³-hybridized carbons (Fsp3) is 0.0370. The highest BCUT2D eigenvalue weighted by atomic mass is 35.5. The number of carbonyl (C=O) groups is 1. The molecule has 0 atom stereocenters. The second-order valence-electron chi connectivity index (χ2n) is 7.60. The molecule has 8 heteroatoms. The van der Waals surface area contributed by atoms with E-state index in [9.17, 15) is 18.0 Å². The van der Waals surface area contributed by atoms with Crippen molar-refractivity contribution in [1.29, 1.82) is 0 Å². The maximum Gasteiger partial charge on any atom is 0.430 e. The number of aliphatic imine (C=N–C) groups is 1. The molecule has 3 N–H and O–H groups in total. The molecule has 1 amide bonds. The first-order chi connectivity index (χ1) is 16.7. The number of nitrogens with two attached hydrogens (primary N) is 1. The van der Waals surface area contributed by atoms with Gasteiger partial charge in [-0.15, -0.1) is 0 Å². The number of fused-ring (bicyclic) bond motifs is 1. The minimum atomic E-state index is -4.72.